The van der Waals surface area contributed by atoms with E-state index in [9.17, 15) is 14.7 Å². The lowest BCUT2D eigenvalue weighted by Gasteiger charge is -2.38. The number of hydrogen-bond acceptors (Lipinski definition) is 4. The molecule has 2 heterocycles. The van der Waals surface area contributed by atoms with Crippen LogP contribution in [0, 0.1) is 0 Å². The summed E-state index contributed by atoms with van der Waals surface area (Å²) in [5, 5.41) is 15.2. The number of likely N-dealkylation sites (N-methyl/N-ethyl adjacent to an activating group) is 1. The Bertz CT molecular complexity index is 1110. The molecule has 7 heteroatoms. The van der Waals surface area contributed by atoms with Crippen molar-refractivity contribution in [1.82, 2.24) is 14.7 Å². The number of rotatable bonds is 4. The quantitative estimate of drug-likeness (QED) is 0.716. The van der Waals surface area contributed by atoms with Gasteiger partial charge in [0.15, 0.2) is 11.4 Å². The largest absolute Gasteiger partial charge is 0.502 e. The molecule has 2 atom stereocenters. The summed E-state index contributed by atoms with van der Waals surface area (Å²) < 4.78 is 1.49. The Balaban J connectivity index is 1.96. The lowest BCUT2D eigenvalue weighted by molar-refractivity contribution is 0.0646. The van der Waals surface area contributed by atoms with Crippen molar-refractivity contribution in [2.24, 2.45) is 0 Å². The molecule has 1 aromatic heterocycles. The molecule has 1 aliphatic rings. The van der Waals surface area contributed by atoms with Crippen molar-refractivity contribution in [1.29, 1.82) is 0 Å². The third-order valence-corrected chi connectivity index (χ3v) is 5.57. The molecule has 0 bridgehead atoms. The summed E-state index contributed by atoms with van der Waals surface area (Å²) in [7, 11) is 0. The molecule has 0 radical (unpaired) electrons. The van der Waals surface area contributed by atoms with E-state index in [4.69, 9.17) is 11.6 Å². The predicted octanol–water partition coefficient (Wildman–Crippen LogP) is 3.45. The standard InChI is InChI=1S/C22H20ClN3O3/c1-2-25-13-17(26-20(22(25)29)21(28)18(27)12-24-26)19(14-7-4-3-5-8-14)15-9-6-10-16(23)11-15/h3-12,17,19,28H,2,13H2,1H3. The lowest BCUT2D eigenvalue weighted by Crippen LogP contribution is -2.46. The van der Waals surface area contributed by atoms with Crippen LogP contribution < -0.4 is 5.43 Å². The second-order valence-electron chi connectivity index (χ2n) is 7.01. The molecule has 0 aliphatic carbocycles. The van der Waals surface area contributed by atoms with Crippen LogP contribution in [0.2, 0.25) is 5.02 Å². The highest BCUT2D eigenvalue weighted by molar-refractivity contribution is 6.30. The number of fused-ring (bicyclic) bond motifs is 1. The van der Waals surface area contributed by atoms with Crippen molar-refractivity contribution >= 4 is 17.5 Å². The summed E-state index contributed by atoms with van der Waals surface area (Å²) in [6, 6.07) is 17.1. The lowest BCUT2D eigenvalue weighted by atomic mass is 9.83. The average Bonchev–Trinajstić information content (AvgIpc) is 2.73. The number of amides is 1. The Morgan fingerprint density at radius 1 is 1.14 bits per heavy atom. The molecule has 29 heavy (non-hydrogen) atoms. The van der Waals surface area contributed by atoms with Crippen LogP contribution in [0.25, 0.3) is 0 Å². The smallest absolute Gasteiger partial charge is 0.276 e. The van der Waals surface area contributed by atoms with Gasteiger partial charge in [0.05, 0.1) is 12.2 Å². The first-order chi connectivity index (χ1) is 14.0. The zero-order chi connectivity index (χ0) is 20.5. The second kappa shape index (κ2) is 7.72. The molecule has 0 saturated heterocycles. The second-order valence-corrected chi connectivity index (χ2v) is 7.44. The molecule has 0 saturated carbocycles. The Kier molecular flexibility index (Phi) is 5.11. The van der Waals surface area contributed by atoms with E-state index < -0.39 is 17.1 Å². The number of aromatic nitrogens is 2. The van der Waals surface area contributed by atoms with Crippen molar-refractivity contribution in [3.8, 4) is 5.75 Å². The van der Waals surface area contributed by atoms with Crippen LogP contribution in [0.5, 0.6) is 5.75 Å². The van der Waals surface area contributed by atoms with Gasteiger partial charge >= 0.3 is 0 Å². The summed E-state index contributed by atoms with van der Waals surface area (Å²) in [6.45, 7) is 2.71. The van der Waals surface area contributed by atoms with E-state index in [1.54, 1.807) is 4.90 Å². The SMILES string of the molecule is CCN1CC(C(c2ccccc2)c2cccc(Cl)c2)n2ncc(=O)c(O)c2C1=O. The highest BCUT2D eigenvalue weighted by Gasteiger charge is 2.39. The molecule has 0 spiro atoms. The molecule has 4 rings (SSSR count). The summed E-state index contributed by atoms with van der Waals surface area (Å²) in [4.78, 5) is 26.5. The van der Waals surface area contributed by atoms with Crippen molar-refractivity contribution in [3.63, 3.8) is 0 Å². The first-order valence-electron chi connectivity index (χ1n) is 9.41. The van der Waals surface area contributed by atoms with Crippen molar-refractivity contribution in [2.45, 2.75) is 18.9 Å². The molecular weight excluding hydrogens is 390 g/mol. The highest BCUT2D eigenvalue weighted by Crippen LogP contribution is 2.39. The Morgan fingerprint density at radius 3 is 2.55 bits per heavy atom. The van der Waals surface area contributed by atoms with E-state index in [0.29, 0.717) is 18.1 Å². The number of benzene rings is 2. The molecule has 2 unspecified atom stereocenters. The first kappa shape index (κ1) is 19.2. The van der Waals surface area contributed by atoms with Crippen molar-refractivity contribution in [3.05, 3.63) is 92.9 Å². The topological polar surface area (TPSA) is 75.4 Å². The van der Waals surface area contributed by atoms with Gasteiger partial charge in [-0.2, -0.15) is 5.10 Å². The van der Waals surface area contributed by atoms with Crippen LogP contribution in [0.1, 0.15) is 40.5 Å². The van der Waals surface area contributed by atoms with E-state index in [2.05, 4.69) is 5.10 Å². The summed E-state index contributed by atoms with van der Waals surface area (Å²) in [6.07, 6.45) is 1.06. The Labute approximate surface area is 173 Å². The predicted molar refractivity (Wildman–Crippen MR) is 111 cm³/mol. The minimum absolute atomic E-state index is 0.0708. The maximum Gasteiger partial charge on any atom is 0.276 e. The van der Waals surface area contributed by atoms with Crippen LogP contribution in [-0.2, 0) is 0 Å². The van der Waals surface area contributed by atoms with E-state index in [-0.39, 0.29) is 17.7 Å². The fraction of sp³-hybridized carbons (Fsp3) is 0.227. The number of halogens is 1. The maximum atomic E-state index is 12.9. The third-order valence-electron chi connectivity index (χ3n) is 5.33. The minimum atomic E-state index is -0.666. The van der Waals surface area contributed by atoms with Gasteiger partial charge in [-0.25, -0.2) is 0 Å². The van der Waals surface area contributed by atoms with Gasteiger partial charge in [-0.1, -0.05) is 54.1 Å². The fourth-order valence-corrected chi connectivity index (χ4v) is 4.16. The number of nitrogens with zero attached hydrogens (tertiary/aromatic N) is 3. The number of aromatic hydroxyl groups is 1. The summed E-state index contributed by atoms with van der Waals surface area (Å²) in [5.74, 6) is -1.15. The van der Waals surface area contributed by atoms with Gasteiger partial charge in [0.1, 0.15) is 0 Å². The molecule has 0 fully saturated rings. The van der Waals surface area contributed by atoms with E-state index in [1.807, 2.05) is 61.5 Å². The molecular formula is C22H20ClN3O3. The van der Waals surface area contributed by atoms with Gasteiger partial charge in [-0.3, -0.25) is 14.3 Å². The zero-order valence-electron chi connectivity index (χ0n) is 15.8. The van der Waals surface area contributed by atoms with Gasteiger partial charge in [-0.05, 0) is 30.2 Å². The first-order valence-corrected chi connectivity index (χ1v) is 9.79. The van der Waals surface area contributed by atoms with Crippen molar-refractivity contribution in [2.75, 3.05) is 13.1 Å². The van der Waals surface area contributed by atoms with Gasteiger partial charge in [0.25, 0.3) is 5.91 Å². The van der Waals surface area contributed by atoms with Gasteiger partial charge < -0.3 is 10.0 Å². The minimum Gasteiger partial charge on any atom is -0.502 e. The fourth-order valence-electron chi connectivity index (χ4n) is 3.96. The number of carbonyl (C=O) groups is 1. The van der Waals surface area contributed by atoms with Gasteiger partial charge in [0.2, 0.25) is 5.43 Å². The van der Waals surface area contributed by atoms with E-state index in [0.717, 1.165) is 17.3 Å². The zero-order valence-corrected chi connectivity index (χ0v) is 16.6. The maximum absolute atomic E-state index is 12.9. The van der Waals surface area contributed by atoms with Crippen LogP contribution in [0.3, 0.4) is 0 Å². The molecule has 2 aromatic carbocycles. The Morgan fingerprint density at radius 2 is 1.86 bits per heavy atom. The summed E-state index contributed by atoms with van der Waals surface area (Å²) in [5.41, 5.74) is 1.25. The Hall–Kier alpha value is -3.12. The monoisotopic (exact) mass is 409 g/mol. The van der Waals surface area contributed by atoms with E-state index in [1.165, 1.54) is 4.68 Å². The van der Waals surface area contributed by atoms with Crippen LogP contribution in [0.4, 0.5) is 0 Å². The van der Waals surface area contributed by atoms with Gasteiger partial charge in [0, 0.05) is 24.0 Å². The van der Waals surface area contributed by atoms with Crippen molar-refractivity contribution < 1.29 is 9.90 Å². The molecule has 1 aliphatic heterocycles. The number of hydrogen-bond donors (Lipinski definition) is 1. The van der Waals surface area contributed by atoms with Crippen LogP contribution in [0.15, 0.2) is 65.6 Å². The summed E-state index contributed by atoms with van der Waals surface area (Å²) >= 11 is 6.27. The highest BCUT2D eigenvalue weighted by atomic mass is 35.5. The van der Waals surface area contributed by atoms with E-state index >= 15 is 0 Å². The average molecular weight is 410 g/mol. The molecule has 1 N–H and O–H groups in total. The van der Waals surface area contributed by atoms with Crippen LogP contribution >= 0.6 is 11.6 Å². The normalized spacial score (nSPS) is 17.1. The molecule has 148 valence electrons. The molecule has 6 nitrogen and oxygen atoms in total. The molecule has 1 amide bonds. The van der Waals surface area contributed by atoms with Crippen LogP contribution in [-0.4, -0.2) is 38.8 Å². The molecule has 3 aromatic rings. The van der Waals surface area contributed by atoms with Gasteiger partial charge in [-0.15, -0.1) is 0 Å². The third kappa shape index (κ3) is 3.40. The number of carbonyl (C=O) groups excluding carboxylic acids is 1.